The Morgan fingerprint density at radius 2 is 1.87 bits per heavy atom. The monoisotopic (exact) mass is 305 g/mol. The van der Waals surface area contributed by atoms with Crippen molar-refractivity contribution in [3.63, 3.8) is 0 Å². The Balaban J connectivity index is 1.75. The molecular weight excluding hydrogens is 290 g/mol. The molecule has 0 aliphatic rings. The van der Waals surface area contributed by atoms with Gasteiger partial charge < -0.3 is 4.74 Å². The van der Waals surface area contributed by atoms with Crippen molar-refractivity contribution in [2.75, 3.05) is 0 Å². The zero-order chi connectivity index (χ0) is 16.1. The van der Waals surface area contributed by atoms with Gasteiger partial charge in [-0.2, -0.15) is 0 Å². The molecule has 2 heterocycles. The van der Waals surface area contributed by atoms with E-state index in [-0.39, 0.29) is 5.78 Å². The zero-order valence-electron chi connectivity index (χ0n) is 12.6. The second-order valence-electron chi connectivity index (χ2n) is 5.00. The highest BCUT2D eigenvalue weighted by Gasteiger charge is 2.06. The first-order valence-electron chi connectivity index (χ1n) is 7.18. The number of aromatic nitrogens is 3. The predicted octanol–water partition coefficient (Wildman–Crippen LogP) is 3.32. The molecule has 0 spiro atoms. The molecule has 1 aromatic carbocycles. The van der Waals surface area contributed by atoms with Gasteiger partial charge in [0.05, 0.1) is 5.69 Å². The van der Waals surface area contributed by atoms with Crippen molar-refractivity contribution in [2.45, 2.75) is 13.5 Å². The second-order valence-corrected chi connectivity index (χ2v) is 5.00. The van der Waals surface area contributed by atoms with E-state index in [0.717, 1.165) is 11.1 Å². The molecule has 5 nitrogen and oxygen atoms in total. The number of hydrogen-bond donors (Lipinski definition) is 0. The van der Waals surface area contributed by atoms with Crippen molar-refractivity contribution in [3.8, 4) is 17.1 Å². The van der Waals surface area contributed by atoms with Gasteiger partial charge in [-0.1, -0.05) is 30.3 Å². The van der Waals surface area contributed by atoms with E-state index in [1.807, 2.05) is 36.4 Å². The van der Waals surface area contributed by atoms with Gasteiger partial charge in [0.2, 0.25) is 5.88 Å². The van der Waals surface area contributed by atoms with Gasteiger partial charge in [-0.15, -0.1) is 0 Å². The van der Waals surface area contributed by atoms with Crippen LogP contribution in [0.15, 0.2) is 61.1 Å². The minimum Gasteiger partial charge on any atom is -0.473 e. The van der Waals surface area contributed by atoms with Gasteiger partial charge in [0.1, 0.15) is 18.6 Å². The van der Waals surface area contributed by atoms with Gasteiger partial charge in [-0.25, -0.2) is 9.97 Å². The number of Topliss-reactive ketones (excluding diaryl/α,β-unsaturated/α-hetero) is 1. The van der Waals surface area contributed by atoms with Crippen LogP contribution in [0.4, 0.5) is 0 Å². The van der Waals surface area contributed by atoms with Crippen LogP contribution in [0.3, 0.4) is 0 Å². The summed E-state index contributed by atoms with van der Waals surface area (Å²) in [6, 6.07) is 15.1. The molecule has 3 rings (SSSR count). The molecule has 0 fully saturated rings. The van der Waals surface area contributed by atoms with Gasteiger partial charge in [0.25, 0.3) is 0 Å². The summed E-state index contributed by atoms with van der Waals surface area (Å²) in [5, 5.41) is 0. The Morgan fingerprint density at radius 3 is 2.57 bits per heavy atom. The maximum Gasteiger partial charge on any atom is 0.217 e. The fourth-order valence-corrected chi connectivity index (χ4v) is 2.06. The number of nitrogens with zero attached hydrogens (tertiary/aromatic N) is 3. The molecule has 23 heavy (non-hydrogen) atoms. The third-order valence-corrected chi connectivity index (χ3v) is 3.29. The largest absolute Gasteiger partial charge is 0.473 e. The average molecular weight is 305 g/mol. The number of carbonyl (C=O) groups excluding carboxylic acids is 1. The Hall–Kier alpha value is -3.08. The van der Waals surface area contributed by atoms with Gasteiger partial charge in [-0.05, 0) is 17.7 Å². The molecule has 0 unspecified atom stereocenters. The fraction of sp³-hybridized carbons (Fsp3) is 0.111. The van der Waals surface area contributed by atoms with E-state index in [1.165, 1.54) is 13.3 Å². The van der Waals surface area contributed by atoms with E-state index in [4.69, 9.17) is 4.74 Å². The number of hydrogen-bond acceptors (Lipinski definition) is 5. The first-order valence-corrected chi connectivity index (χ1v) is 7.18. The minimum absolute atomic E-state index is 0.0638. The van der Waals surface area contributed by atoms with Crippen LogP contribution in [0.1, 0.15) is 23.0 Å². The molecule has 0 radical (unpaired) electrons. The van der Waals surface area contributed by atoms with E-state index in [0.29, 0.717) is 23.9 Å². The molecule has 3 aromatic rings. The average Bonchev–Trinajstić information content (AvgIpc) is 2.61. The van der Waals surface area contributed by atoms with Crippen LogP contribution in [0.25, 0.3) is 11.3 Å². The van der Waals surface area contributed by atoms with E-state index in [2.05, 4.69) is 15.0 Å². The van der Waals surface area contributed by atoms with Crippen LogP contribution in [-0.4, -0.2) is 20.7 Å². The highest BCUT2D eigenvalue weighted by molar-refractivity contribution is 5.92. The molecular formula is C18H15N3O2. The molecule has 0 amide bonds. The molecule has 0 atom stereocenters. The summed E-state index contributed by atoms with van der Waals surface area (Å²) < 4.78 is 5.69. The second kappa shape index (κ2) is 6.79. The summed E-state index contributed by atoms with van der Waals surface area (Å²) in [4.78, 5) is 23.7. The maximum atomic E-state index is 11.3. The molecule has 5 heteroatoms. The zero-order valence-corrected chi connectivity index (χ0v) is 12.6. The summed E-state index contributed by atoms with van der Waals surface area (Å²) >= 11 is 0. The van der Waals surface area contributed by atoms with Crippen LogP contribution >= 0.6 is 0 Å². The molecule has 0 N–H and O–H groups in total. The van der Waals surface area contributed by atoms with Crippen LogP contribution in [0, 0.1) is 0 Å². The first-order chi connectivity index (χ1) is 11.2. The lowest BCUT2D eigenvalue weighted by atomic mass is 10.1. The Labute approximate surface area is 134 Å². The Bertz CT molecular complexity index is 802. The summed E-state index contributed by atoms with van der Waals surface area (Å²) in [5.41, 5.74) is 3.01. The van der Waals surface area contributed by atoms with Crippen LogP contribution in [0.5, 0.6) is 5.88 Å². The van der Waals surface area contributed by atoms with Crippen LogP contribution in [0.2, 0.25) is 0 Å². The first kappa shape index (κ1) is 14.8. The van der Waals surface area contributed by atoms with Crippen LogP contribution in [-0.2, 0) is 6.61 Å². The fourth-order valence-electron chi connectivity index (χ4n) is 2.06. The molecule has 0 saturated carbocycles. The Kier molecular flexibility index (Phi) is 4.38. The van der Waals surface area contributed by atoms with Gasteiger partial charge >= 0.3 is 0 Å². The summed E-state index contributed by atoms with van der Waals surface area (Å²) in [6.45, 7) is 1.93. The van der Waals surface area contributed by atoms with Crippen LogP contribution < -0.4 is 4.74 Å². The summed E-state index contributed by atoms with van der Waals surface area (Å²) in [7, 11) is 0. The number of benzene rings is 1. The Morgan fingerprint density at radius 1 is 1.04 bits per heavy atom. The number of pyridine rings is 1. The van der Waals surface area contributed by atoms with E-state index >= 15 is 0 Å². The number of carbonyl (C=O) groups is 1. The van der Waals surface area contributed by atoms with Crippen molar-refractivity contribution in [1.29, 1.82) is 0 Å². The number of rotatable bonds is 5. The lowest BCUT2D eigenvalue weighted by Gasteiger charge is -2.07. The standard InChI is InChI=1S/C18H15N3O2/c1-13(22)16-8-7-15(10-19-16)17-9-18(21-12-20-17)23-11-14-5-3-2-4-6-14/h2-10,12H,11H2,1H3. The van der Waals surface area contributed by atoms with E-state index < -0.39 is 0 Å². The summed E-state index contributed by atoms with van der Waals surface area (Å²) in [5.74, 6) is 0.431. The van der Waals surface area contributed by atoms with Crippen molar-refractivity contribution >= 4 is 5.78 Å². The topological polar surface area (TPSA) is 65.0 Å². The molecule has 0 saturated heterocycles. The van der Waals surface area contributed by atoms with Gasteiger partial charge in [0.15, 0.2) is 5.78 Å². The lowest BCUT2D eigenvalue weighted by Crippen LogP contribution is -1.99. The highest BCUT2D eigenvalue weighted by Crippen LogP contribution is 2.20. The predicted molar refractivity (Wildman–Crippen MR) is 86.0 cm³/mol. The molecule has 0 bridgehead atoms. The third-order valence-electron chi connectivity index (χ3n) is 3.29. The smallest absolute Gasteiger partial charge is 0.217 e. The highest BCUT2D eigenvalue weighted by atomic mass is 16.5. The van der Waals surface area contributed by atoms with Crippen molar-refractivity contribution < 1.29 is 9.53 Å². The van der Waals surface area contributed by atoms with E-state index in [1.54, 1.807) is 18.3 Å². The SMILES string of the molecule is CC(=O)c1ccc(-c2cc(OCc3ccccc3)ncn2)cn1. The van der Waals surface area contributed by atoms with Gasteiger partial charge in [0, 0.05) is 24.8 Å². The van der Waals surface area contributed by atoms with Crippen molar-refractivity contribution in [2.24, 2.45) is 0 Å². The summed E-state index contributed by atoms with van der Waals surface area (Å²) in [6.07, 6.45) is 3.08. The van der Waals surface area contributed by atoms with Gasteiger partial charge in [-0.3, -0.25) is 9.78 Å². The number of ether oxygens (including phenoxy) is 1. The molecule has 0 aliphatic carbocycles. The van der Waals surface area contributed by atoms with E-state index in [9.17, 15) is 4.79 Å². The molecule has 2 aromatic heterocycles. The maximum absolute atomic E-state index is 11.3. The quantitative estimate of drug-likeness (QED) is 0.677. The van der Waals surface area contributed by atoms with Crippen molar-refractivity contribution in [3.05, 3.63) is 72.3 Å². The lowest BCUT2D eigenvalue weighted by molar-refractivity contribution is 0.101. The van der Waals surface area contributed by atoms with Crippen molar-refractivity contribution in [1.82, 2.24) is 15.0 Å². The normalized spacial score (nSPS) is 10.3. The minimum atomic E-state index is -0.0638. The third kappa shape index (κ3) is 3.77. The number of ketones is 1. The molecule has 114 valence electrons. The molecule has 0 aliphatic heterocycles.